The van der Waals surface area contributed by atoms with Gasteiger partial charge in [0.15, 0.2) is 0 Å². The highest BCUT2D eigenvalue weighted by Gasteiger charge is 2.57. The molecule has 0 N–H and O–H groups in total. The van der Waals surface area contributed by atoms with Crippen molar-refractivity contribution in [3.05, 3.63) is 77.6 Å². The van der Waals surface area contributed by atoms with Gasteiger partial charge in [0.2, 0.25) is 0 Å². The summed E-state index contributed by atoms with van der Waals surface area (Å²) in [5.41, 5.74) is 2.63. The maximum Gasteiger partial charge on any atom is 0.328 e. The second-order valence-electron chi connectivity index (χ2n) is 8.87. The zero-order chi connectivity index (χ0) is 22.6. The number of rotatable bonds is 7. The number of urea groups is 1. The molecular formula is C26H32N4O2. The van der Waals surface area contributed by atoms with E-state index in [1.807, 2.05) is 35.2 Å². The van der Waals surface area contributed by atoms with Crippen molar-refractivity contribution in [3.8, 4) is 0 Å². The fourth-order valence-electron chi connectivity index (χ4n) is 4.80. The van der Waals surface area contributed by atoms with Gasteiger partial charge in [-0.05, 0) is 50.3 Å². The molecule has 2 aliphatic heterocycles. The third-order valence-electron chi connectivity index (χ3n) is 6.80. The van der Waals surface area contributed by atoms with Crippen molar-refractivity contribution in [2.45, 2.75) is 45.2 Å². The van der Waals surface area contributed by atoms with E-state index in [9.17, 15) is 9.59 Å². The molecule has 2 saturated heterocycles. The van der Waals surface area contributed by atoms with E-state index in [2.05, 4.69) is 41.9 Å². The smallest absolute Gasteiger partial charge is 0.309 e. The predicted molar refractivity (Wildman–Crippen MR) is 125 cm³/mol. The number of piperidine rings is 1. The van der Waals surface area contributed by atoms with Gasteiger partial charge in [0.1, 0.15) is 5.54 Å². The number of aromatic nitrogens is 1. The van der Waals surface area contributed by atoms with Crippen molar-refractivity contribution in [1.29, 1.82) is 0 Å². The van der Waals surface area contributed by atoms with Crippen molar-refractivity contribution >= 4 is 11.9 Å². The largest absolute Gasteiger partial charge is 0.328 e. The van der Waals surface area contributed by atoms with Crippen molar-refractivity contribution in [2.24, 2.45) is 0 Å². The molecular weight excluding hydrogens is 400 g/mol. The van der Waals surface area contributed by atoms with Crippen LogP contribution < -0.4 is 0 Å². The number of amides is 3. The summed E-state index contributed by atoms with van der Waals surface area (Å²) in [5, 5.41) is 0. The summed E-state index contributed by atoms with van der Waals surface area (Å²) in [5.74, 6) is -0.0539. The van der Waals surface area contributed by atoms with Crippen molar-refractivity contribution in [3.63, 3.8) is 0 Å². The Balaban J connectivity index is 1.56. The first kappa shape index (κ1) is 22.2. The van der Waals surface area contributed by atoms with Gasteiger partial charge in [0, 0.05) is 38.6 Å². The fourth-order valence-corrected chi connectivity index (χ4v) is 4.80. The molecule has 2 aliphatic rings. The van der Waals surface area contributed by atoms with E-state index in [0.29, 0.717) is 19.4 Å². The molecule has 1 spiro atoms. The molecule has 32 heavy (non-hydrogen) atoms. The minimum absolute atomic E-state index is 0.0539. The molecule has 1 aromatic carbocycles. The summed E-state index contributed by atoms with van der Waals surface area (Å²) in [4.78, 5) is 37.1. The van der Waals surface area contributed by atoms with Crippen molar-refractivity contribution < 1.29 is 9.59 Å². The van der Waals surface area contributed by atoms with Gasteiger partial charge in [-0.3, -0.25) is 19.6 Å². The van der Waals surface area contributed by atoms with E-state index in [-0.39, 0.29) is 18.5 Å². The van der Waals surface area contributed by atoms with E-state index in [1.165, 1.54) is 16.0 Å². The maximum atomic E-state index is 13.7. The highest BCUT2D eigenvalue weighted by molar-refractivity contribution is 6.07. The van der Waals surface area contributed by atoms with E-state index in [4.69, 9.17) is 0 Å². The van der Waals surface area contributed by atoms with Crippen LogP contribution in [0, 0.1) is 0 Å². The Bertz CT molecular complexity index is 966. The Hall–Kier alpha value is -2.99. The average Bonchev–Trinajstić information content (AvgIpc) is 3.01. The minimum atomic E-state index is -0.742. The van der Waals surface area contributed by atoms with Gasteiger partial charge in [-0.15, -0.1) is 0 Å². The van der Waals surface area contributed by atoms with Gasteiger partial charge in [-0.2, -0.15) is 0 Å². The minimum Gasteiger partial charge on any atom is -0.309 e. The van der Waals surface area contributed by atoms with Crippen LogP contribution >= 0.6 is 0 Å². The number of hydrogen-bond acceptors (Lipinski definition) is 4. The monoisotopic (exact) mass is 432 g/mol. The van der Waals surface area contributed by atoms with Gasteiger partial charge < -0.3 is 4.90 Å². The van der Waals surface area contributed by atoms with Crippen LogP contribution in [0.15, 0.2) is 66.5 Å². The number of carbonyl (C=O) groups excluding carboxylic acids is 2. The Morgan fingerprint density at radius 3 is 2.44 bits per heavy atom. The number of likely N-dealkylation sites (tertiary alicyclic amines) is 1. The number of imide groups is 1. The van der Waals surface area contributed by atoms with Gasteiger partial charge in [0.05, 0.1) is 6.54 Å². The Morgan fingerprint density at radius 2 is 1.78 bits per heavy atom. The van der Waals surface area contributed by atoms with Gasteiger partial charge in [-0.1, -0.05) is 48.0 Å². The predicted octanol–water partition coefficient (Wildman–Crippen LogP) is 3.89. The molecule has 0 radical (unpaired) electrons. The molecule has 2 aromatic rings. The third-order valence-corrected chi connectivity index (χ3v) is 6.80. The molecule has 3 heterocycles. The second-order valence-corrected chi connectivity index (χ2v) is 8.87. The van der Waals surface area contributed by atoms with E-state index >= 15 is 0 Å². The standard InChI is InChI=1S/C26H32N4O2/c1-3-21(2)19-28-16-12-26(13-17-28)24(31)29(20-23-10-7-14-27-18-23)25(32)30(26)15-11-22-8-5-4-6-9-22/h3-10,14,18H,11-13,15-17,19-20H2,1-2H3. The summed E-state index contributed by atoms with van der Waals surface area (Å²) in [6, 6.07) is 13.7. The number of pyridine rings is 1. The molecule has 0 bridgehead atoms. The number of allylic oxidation sites excluding steroid dienone is 1. The van der Waals surface area contributed by atoms with Gasteiger partial charge >= 0.3 is 6.03 Å². The van der Waals surface area contributed by atoms with Crippen LogP contribution in [0.3, 0.4) is 0 Å². The van der Waals surface area contributed by atoms with Crippen molar-refractivity contribution in [1.82, 2.24) is 19.7 Å². The zero-order valence-corrected chi connectivity index (χ0v) is 19.0. The highest BCUT2D eigenvalue weighted by Crippen LogP contribution is 2.38. The lowest BCUT2D eigenvalue weighted by Crippen LogP contribution is -2.57. The summed E-state index contributed by atoms with van der Waals surface area (Å²) in [6.45, 7) is 7.55. The molecule has 4 rings (SSSR count). The lowest BCUT2D eigenvalue weighted by atomic mass is 9.85. The molecule has 0 aliphatic carbocycles. The van der Waals surface area contributed by atoms with E-state index < -0.39 is 5.54 Å². The van der Waals surface area contributed by atoms with Crippen LogP contribution in [0.4, 0.5) is 4.79 Å². The number of carbonyl (C=O) groups is 2. The SMILES string of the molecule is CC=C(C)CN1CCC2(CC1)C(=O)N(Cc1cccnc1)C(=O)N2CCc1ccccc1. The number of hydrogen-bond donors (Lipinski definition) is 0. The van der Waals surface area contributed by atoms with Crippen LogP contribution in [0.1, 0.15) is 37.8 Å². The van der Waals surface area contributed by atoms with Crippen LogP contribution in [-0.2, 0) is 17.8 Å². The lowest BCUT2D eigenvalue weighted by Gasteiger charge is -2.42. The normalized spacial score (nSPS) is 19.2. The van der Waals surface area contributed by atoms with Crippen LogP contribution in [-0.4, -0.2) is 63.3 Å². The van der Waals surface area contributed by atoms with Crippen LogP contribution in [0.5, 0.6) is 0 Å². The Morgan fingerprint density at radius 1 is 1.06 bits per heavy atom. The quantitative estimate of drug-likeness (QED) is 0.492. The molecule has 3 amide bonds. The lowest BCUT2D eigenvalue weighted by molar-refractivity contribution is -0.136. The summed E-state index contributed by atoms with van der Waals surface area (Å²) in [6.07, 6.45) is 7.65. The number of benzene rings is 1. The molecule has 6 heteroatoms. The van der Waals surface area contributed by atoms with Crippen LogP contribution in [0.25, 0.3) is 0 Å². The van der Waals surface area contributed by atoms with Crippen LogP contribution in [0.2, 0.25) is 0 Å². The van der Waals surface area contributed by atoms with Gasteiger partial charge in [-0.25, -0.2) is 4.79 Å². The summed E-state index contributed by atoms with van der Waals surface area (Å²) in [7, 11) is 0. The Kier molecular flexibility index (Phi) is 6.70. The summed E-state index contributed by atoms with van der Waals surface area (Å²) >= 11 is 0. The maximum absolute atomic E-state index is 13.7. The first-order chi connectivity index (χ1) is 15.5. The topological polar surface area (TPSA) is 56.8 Å². The van der Waals surface area contributed by atoms with Gasteiger partial charge in [0.25, 0.3) is 5.91 Å². The average molecular weight is 433 g/mol. The summed E-state index contributed by atoms with van der Waals surface area (Å²) < 4.78 is 0. The molecule has 1 aromatic heterocycles. The third kappa shape index (κ3) is 4.46. The first-order valence-corrected chi connectivity index (χ1v) is 11.4. The number of nitrogens with zero attached hydrogens (tertiary/aromatic N) is 4. The molecule has 6 nitrogen and oxygen atoms in total. The van der Waals surface area contributed by atoms with E-state index in [0.717, 1.165) is 31.6 Å². The molecule has 168 valence electrons. The zero-order valence-electron chi connectivity index (χ0n) is 19.0. The molecule has 0 unspecified atom stereocenters. The fraction of sp³-hybridized carbons (Fsp3) is 0.423. The van der Waals surface area contributed by atoms with Crippen molar-refractivity contribution in [2.75, 3.05) is 26.2 Å². The second kappa shape index (κ2) is 9.65. The first-order valence-electron chi connectivity index (χ1n) is 11.4. The highest BCUT2D eigenvalue weighted by atomic mass is 16.2. The molecule has 2 fully saturated rings. The molecule has 0 saturated carbocycles. The van der Waals surface area contributed by atoms with E-state index in [1.54, 1.807) is 12.4 Å². The Labute approximate surface area is 190 Å². The molecule has 0 atom stereocenters.